The Morgan fingerprint density at radius 1 is 1.41 bits per heavy atom. The van der Waals surface area contributed by atoms with Crippen LogP contribution in [0.2, 0.25) is 0 Å². The van der Waals surface area contributed by atoms with Crippen LogP contribution in [0.1, 0.15) is 24.2 Å². The smallest absolute Gasteiger partial charge is 0.255 e. The standard InChI is InChI=1S/C13H18ClNOS/c1-10(2)15(9-8-14)13(16)11-6-4-5-7-12(11)17-3/h4-7,10H,8-9H2,1-3H3. The maximum Gasteiger partial charge on any atom is 0.255 e. The number of halogens is 1. The van der Waals surface area contributed by atoms with Crippen molar-refractivity contribution in [3.8, 4) is 0 Å². The highest BCUT2D eigenvalue weighted by molar-refractivity contribution is 7.98. The molecular formula is C13H18ClNOS. The number of alkyl halides is 1. The highest BCUT2D eigenvalue weighted by atomic mass is 35.5. The van der Waals surface area contributed by atoms with E-state index in [9.17, 15) is 4.79 Å². The van der Waals surface area contributed by atoms with Crippen molar-refractivity contribution < 1.29 is 4.79 Å². The van der Waals surface area contributed by atoms with E-state index in [1.165, 1.54) is 0 Å². The molecule has 1 aromatic rings. The molecule has 0 atom stereocenters. The van der Waals surface area contributed by atoms with E-state index < -0.39 is 0 Å². The average molecular weight is 272 g/mol. The first-order chi connectivity index (χ1) is 8.11. The Bertz CT molecular complexity index is 381. The minimum atomic E-state index is 0.0607. The molecular weight excluding hydrogens is 254 g/mol. The van der Waals surface area contributed by atoms with Gasteiger partial charge in [-0.15, -0.1) is 23.4 Å². The Morgan fingerprint density at radius 3 is 2.59 bits per heavy atom. The van der Waals surface area contributed by atoms with Gasteiger partial charge in [-0.05, 0) is 32.2 Å². The van der Waals surface area contributed by atoms with Gasteiger partial charge in [-0.2, -0.15) is 0 Å². The van der Waals surface area contributed by atoms with E-state index in [1.807, 2.05) is 49.3 Å². The van der Waals surface area contributed by atoms with Crippen molar-refractivity contribution in [2.24, 2.45) is 0 Å². The number of carbonyl (C=O) groups excluding carboxylic acids is 1. The zero-order chi connectivity index (χ0) is 12.8. The van der Waals surface area contributed by atoms with Crippen LogP contribution in [-0.2, 0) is 0 Å². The molecule has 2 nitrogen and oxygen atoms in total. The summed E-state index contributed by atoms with van der Waals surface area (Å²) in [6.07, 6.45) is 1.98. The molecule has 0 radical (unpaired) electrons. The first-order valence-electron chi connectivity index (χ1n) is 5.61. The van der Waals surface area contributed by atoms with Gasteiger partial charge in [-0.25, -0.2) is 0 Å². The minimum Gasteiger partial charge on any atom is -0.335 e. The number of hydrogen-bond acceptors (Lipinski definition) is 2. The first kappa shape index (κ1) is 14.4. The molecule has 0 fully saturated rings. The van der Waals surface area contributed by atoms with Gasteiger partial charge in [0.15, 0.2) is 0 Å². The van der Waals surface area contributed by atoms with E-state index in [0.29, 0.717) is 12.4 Å². The van der Waals surface area contributed by atoms with Gasteiger partial charge < -0.3 is 4.90 Å². The molecule has 0 unspecified atom stereocenters. The predicted molar refractivity (Wildman–Crippen MR) is 75.1 cm³/mol. The van der Waals surface area contributed by atoms with Crippen molar-refractivity contribution in [1.29, 1.82) is 0 Å². The largest absolute Gasteiger partial charge is 0.335 e. The number of hydrogen-bond donors (Lipinski definition) is 0. The van der Waals surface area contributed by atoms with Gasteiger partial charge in [0.2, 0.25) is 0 Å². The third-order valence-electron chi connectivity index (χ3n) is 2.55. The molecule has 1 rings (SSSR count). The highest BCUT2D eigenvalue weighted by Crippen LogP contribution is 2.22. The molecule has 0 aliphatic carbocycles. The van der Waals surface area contributed by atoms with Crippen LogP contribution in [-0.4, -0.2) is 35.5 Å². The second-order valence-electron chi connectivity index (χ2n) is 3.98. The Labute approximate surface area is 112 Å². The van der Waals surface area contributed by atoms with Crippen molar-refractivity contribution in [2.75, 3.05) is 18.7 Å². The van der Waals surface area contributed by atoms with Crippen molar-refractivity contribution in [1.82, 2.24) is 4.90 Å². The van der Waals surface area contributed by atoms with E-state index >= 15 is 0 Å². The summed E-state index contributed by atoms with van der Waals surface area (Å²) in [4.78, 5) is 15.2. The summed E-state index contributed by atoms with van der Waals surface area (Å²) in [5.74, 6) is 0.524. The molecule has 0 aliphatic rings. The Balaban J connectivity index is 3.00. The summed E-state index contributed by atoms with van der Waals surface area (Å²) in [7, 11) is 0. The number of thioether (sulfide) groups is 1. The van der Waals surface area contributed by atoms with Crippen molar-refractivity contribution >= 4 is 29.3 Å². The van der Waals surface area contributed by atoms with Gasteiger partial charge in [0.25, 0.3) is 5.91 Å². The third kappa shape index (κ3) is 3.65. The Hall–Kier alpha value is -0.670. The van der Waals surface area contributed by atoms with Crippen LogP contribution >= 0.6 is 23.4 Å². The minimum absolute atomic E-state index is 0.0607. The fourth-order valence-corrected chi connectivity index (χ4v) is 2.43. The first-order valence-corrected chi connectivity index (χ1v) is 7.37. The van der Waals surface area contributed by atoms with Crippen molar-refractivity contribution in [3.05, 3.63) is 29.8 Å². The van der Waals surface area contributed by atoms with Gasteiger partial charge >= 0.3 is 0 Å². The van der Waals surface area contributed by atoms with E-state index in [0.717, 1.165) is 10.5 Å². The van der Waals surface area contributed by atoms with E-state index in [4.69, 9.17) is 11.6 Å². The van der Waals surface area contributed by atoms with Crippen LogP contribution in [0.3, 0.4) is 0 Å². The lowest BCUT2D eigenvalue weighted by Crippen LogP contribution is -2.38. The molecule has 0 bridgehead atoms. The summed E-state index contributed by atoms with van der Waals surface area (Å²) in [5, 5.41) is 0. The lowest BCUT2D eigenvalue weighted by atomic mass is 10.1. The molecule has 0 heterocycles. The molecule has 0 aromatic heterocycles. The van der Waals surface area contributed by atoms with Gasteiger partial charge in [-0.1, -0.05) is 12.1 Å². The lowest BCUT2D eigenvalue weighted by molar-refractivity contribution is 0.0715. The zero-order valence-electron chi connectivity index (χ0n) is 10.4. The molecule has 0 N–H and O–H groups in total. The number of amides is 1. The van der Waals surface area contributed by atoms with Gasteiger partial charge in [0.1, 0.15) is 0 Å². The summed E-state index contributed by atoms with van der Waals surface area (Å²) in [6.45, 7) is 4.60. The maximum absolute atomic E-state index is 12.4. The molecule has 1 amide bonds. The van der Waals surface area contributed by atoms with Gasteiger partial charge in [0.05, 0.1) is 5.56 Å². The topological polar surface area (TPSA) is 20.3 Å². The molecule has 94 valence electrons. The number of nitrogens with zero attached hydrogens (tertiary/aromatic N) is 1. The summed E-state index contributed by atoms with van der Waals surface area (Å²) in [6, 6.07) is 7.85. The molecule has 0 saturated heterocycles. The fraction of sp³-hybridized carbons (Fsp3) is 0.462. The molecule has 4 heteroatoms. The third-order valence-corrected chi connectivity index (χ3v) is 3.51. The summed E-state index contributed by atoms with van der Waals surface area (Å²) >= 11 is 7.34. The Morgan fingerprint density at radius 2 is 2.06 bits per heavy atom. The van der Waals surface area contributed by atoms with Crippen molar-refractivity contribution in [2.45, 2.75) is 24.8 Å². The Kier molecular flexibility index (Phi) is 5.86. The number of carbonyl (C=O) groups is 1. The van der Waals surface area contributed by atoms with Crippen LogP contribution < -0.4 is 0 Å². The highest BCUT2D eigenvalue weighted by Gasteiger charge is 2.20. The summed E-state index contributed by atoms with van der Waals surface area (Å²) < 4.78 is 0. The predicted octanol–water partition coefficient (Wildman–Crippen LogP) is 3.50. The number of rotatable bonds is 5. The van der Waals surface area contributed by atoms with E-state index in [2.05, 4.69) is 0 Å². The van der Waals surface area contributed by atoms with Crippen LogP contribution in [0.25, 0.3) is 0 Å². The maximum atomic E-state index is 12.4. The molecule has 0 saturated carbocycles. The van der Waals surface area contributed by atoms with Crippen LogP contribution in [0, 0.1) is 0 Å². The normalized spacial score (nSPS) is 10.6. The molecule has 0 spiro atoms. The van der Waals surface area contributed by atoms with Gasteiger partial charge in [0, 0.05) is 23.4 Å². The van der Waals surface area contributed by atoms with Crippen LogP contribution in [0.5, 0.6) is 0 Å². The SMILES string of the molecule is CSc1ccccc1C(=O)N(CCCl)C(C)C. The van der Waals surface area contributed by atoms with Crippen LogP contribution in [0.15, 0.2) is 29.2 Å². The van der Waals surface area contributed by atoms with E-state index in [-0.39, 0.29) is 11.9 Å². The average Bonchev–Trinajstić information content (AvgIpc) is 2.34. The van der Waals surface area contributed by atoms with Gasteiger partial charge in [-0.3, -0.25) is 4.79 Å². The fourth-order valence-electron chi connectivity index (χ4n) is 1.66. The molecule has 0 aliphatic heterocycles. The second kappa shape index (κ2) is 6.92. The van der Waals surface area contributed by atoms with E-state index in [1.54, 1.807) is 11.8 Å². The zero-order valence-corrected chi connectivity index (χ0v) is 12.0. The quantitative estimate of drug-likeness (QED) is 0.603. The van der Waals surface area contributed by atoms with Crippen molar-refractivity contribution in [3.63, 3.8) is 0 Å². The molecule has 1 aromatic carbocycles. The van der Waals surface area contributed by atoms with Crippen LogP contribution in [0.4, 0.5) is 0 Å². The second-order valence-corrected chi connectivity index (χ2v) is 5.21. The monoisotopic (exact) mass is 271 g/mol. The molecule has 17 heavy (non-hydrogen) atoms. The lowest BCUT2D eigenvalue weighted by Gasteiger charge is -2.26. The number of benzene rings is 1. The summed E-state index contributed by atoms with van der Waals surface area (Å²) in [5.41, 5.74) is 0.763.